The molecule has 0 fully saturated rings. The van der Waals surface area contributed by atoms with Crippen LogP contribution in [0.2, 0.25) is 0 Å². The molecule has 0 amide bonds. The minimum atomic E-state index is 0.246. The lowest BCUT2D eigenvalue weighted by Crippen LogP contribution is -2.23. The summed E-state index contributed by atoms with van der Waals surface area (Å²) in [5, 5.41) is 3.39. The highest BCUT2D eigenvalue weighted by Gasteiger charge is 2.10. The zero-order valence-corrected chi connectivity index (χ0v) is 12.8. The number of hydrogen-bond acceptors (Lipinski definition) is 4. The molecule has 2 aromatic rings. The van der Waals surface area contributed by atoms with Crippen molar-refractivity contribution in [2.24, 2.45) is 0 Å². The van der Waals surface area contributed by atoms with Crippen LogP contribution in [-0.2, 0) is 11.3 Å². The number of thiophene rings is 1. The topological polar surface area (TPSA) is 39.1 Å². The zero-order chi connectivity index (χ0) is 13.8. The molecule has 1 N–H and O–H groups in total. The van der Waals surface area contributed by atoms with E-state index in [2.05, 4.69) is 47.0 Å². The fourth-order valence-electron chi connectivity index (χ4n) is 2.03. The van der Waals surface area contributed by atoms with Crippen LogP contribution in [0.3, 0.4) is 0 Å². The summed E-state index contributed by atoms with van der Waals surface area (Å²) in [4.78, 5) is 7.22. The smallest absolute Gasteiger partial charge is 0.203 e. The zero-order valence-electron chi connectivity index (χ0n) is 11.9. The Bertz CT molecular complexity index is 533. The Balaban J connectivity index is 2.11. The molecule has 5 heteroatoms. The largest absolute Gasteiger partial charge is 0.383 e. The van der Waals surface area contributed by atoms with Gasteiger partial charge in [0.25, 0.3) is 0 Å². The van der Waals surface area contributed by atoms with Crippen LogP contribution in [0, 0.1) is 13.8 Å². The molecule has 0 radical (unpaired) electrons. The highest BCUT2D eigenvalue weighted by atomic mass is 32.1. The van der Waals surface area contributed by atoms with E-state index in [0.717, 1.165) is 18.2 Å². The van der Waals surface area contributed by atoms with Crippen molar-refractivity contribution >= 4 is 17.3 Å². The van der Waals surface area contributed by atoms with E-state index >= 15 is 0 Å². The average molecular weight is 279 g/mol. The number of rotatable bonds is 6. The molecule has 0 bridgehead atoms. The van der Waals surface area contributed by atoms with Gasteiger partial charge in [-0.1, -0.05) is 0 Å². The Morgan fingerprint density at radius 3 is 2.84 bits per heavy atom. The third-order valence-corrected chi connectivity index (χ3v) is 3.80. The lowest BCUT2D eigenvalue weighted by atomic mass is 10.4. The number of nitrogens with zero attached hydrogens (tertiary/aromatic N) is 2. The van der Waals surface area contributed by atoms with Crippen LogP contribution in [-0.4, -0.2) is 29.3 Å². The third kappa shape index (κ3) is 3.81. The number of hydrogen-bond donors (Lipinski definition) is 1. The molecular weight excluding hydrogens is 258 g/mol. The van der Waals surface area contributed by atoms with Crippen LogP contribution in [0.1, 0.15) is 22.4 Å². The monoisotopic (exact) mass is 279 g/mol. The fraction of sp³-hybridized carbons (Fsp3) is 0.500. The molecule has 0 aliphatic heterocycles. The predicted molar refractivity (Wildman–Crippen MR) is 80.1 cm³/mol. The lowest BCUT2D eigenvalue weighted by molar-refractivity contribution is 0.190. The first-order chi connectivity index (χ1) is 9.08. The second-order valence-electron chi connectivity index (χ2n) is 4.85. The molecule has 0 aromatic carbocycles. The minimum Gasteiger partial charge on any atom is -0.383 e. The van der Waals surface area contributed by atoms with Gasteiger partial charge in [0.05, 0.1) is 18.8 Å². The molecule has 0 aliphatic carbocycles. The highest BCUT2D eigenvalue weighted by Crippen LogP contribution is 2.19. The van der Waals surface area contributed by atoms with E-state index in [1.807, 2.05) is 18.3 Å². The molecule has 2 heterocycles. The third-order valence-electron chi connectivity index (χ3n) is 2.81. The summed E-state index contributed by atoms with van der Waals surface area (Å²) in [7, 11) is 1.71. The maximum absolute atomic E-state index is 5.15. The van der Waals surface area contributed by atoms with Gasteiger partial charge < -0.3 is 14.6 Å². The van der Waals surface area contributed by atoms with Crippen molar-refractivity contribution in [1.29, 1.82) is 0 Å². The minimum absolute atomic E-state index is 0.246. The van der Waals surface area contributed by atoms with E-state index in [-0.39, 0.29) is 6.04 Å². The summed E-state index contributed by atoms with van der Waals surface area (Å²) in [6.07, 6.45) is 2.08. The summed E-state index contributed by atoms with van der Waals surface area (Å²) in [6.45, 7) is 7.77. The maximum atomic E-state index is 5.15. The first-order valence-electron chi connectivity index (χ1n) is 6.43. The van der Waals surface area contributed by atoms with Gasteiger partial charge in [0, 0.05) is 29.1 Å². The summed E-state index contributed by atoms with van der Waals surface area (Å²) in [5.74, 6) is 0.910. The number of ether oxygens (including phenoxy) is 1. The summed E-state index contributed by atoms with van der Waals surface area (Å²) in [5.41, 5.74) is 1.03. The van der Waals surface area contributed by atoms with Crippen molar-refractivity contribution in [3.05, 3.63) is 33.8 Å². The van der Waals surface area contributed by atoms with Crippen LogP contribution in [0.15, 0.2) is 18.3 Å². The van der Waals surface area contributed by atoms with E-state index in [1.54, 1.807) is 7.11 Å². The molecule has 0 aliphatic rings. The summed E-state index contributed by atoms with van der Waals surface area (Å²) >= 11 is 1.83. The molecule has 0 spiro atoms. The molecule has 0 saturated heterocycles. The van der Waals surface area contributed by atoms with Crippen molar-refractivity contribution in [2.75, 3.05) is 19.0 Å². The predicted octanol–water partition coefficient (Wildman–Crippen LogP) is 3.06. The van der Waals surface area contributed by atoms with Gasteiger partial charge in [0.1, 0.15) is 0 Å². The molecule has 0 saturated carbocycles. The molecule has 1 atom stereocenters. The summed E-state index contributed by atoms with van der Waals surface area (Å²) in [6, 6.07) is 4.58. The van der Waals surface area contributed by atoms with Crippen LogP contribution in [0.4, 0.5) is 5.95 Å². The molecule has 4 nitrogen and oxygen atoms in total. The quantitative estimate of drug-likeness (QED) is 0.883. The van der Waals surface area contributed by atoms with Gasteiger partial charge in [-0.15, -0.1) is 11.3 Å². The Morgan fingerprint density at radius 1 is 1.42 bits per heavy atom. The van der Waals surface area contributed by atoms with Gasteiger partial charge in [-0.25, -0.2) is 4.98 Å². The van der Waals surface area contributed by atoms with E-state index < -0.39 is 0 Å². The SMILES string of the molecule is COCC(C)Nc1nc(C)cn1Cc1ccc(C)s1. The standard InChI is InChI=1S/C14H21N3OS/c1-10-7-17(8-13-6-5-12(3)19-13)14(15-10)16-11(2)9-18-4/h5-7,11H,8-9H2,1-4H3,(H,15,16). The van der Waals surface area contributed by atoms with Gasteiger partial charge in [-0.3, -0.25) is 0 Å². The summed E-state index contributed by atoms with van der Waals surface area (Å²) < 4.78 is 7.31. The van der Waals surface area contributed by atoms with E-state index in [0.29, 0.717) is 6.61 Å². The highest BCUT2D eigenvalue weighted by molar-refractivity contribution is 7.11. The number of methoxy groups -OCH3 is 1. The lowest BCUT2D eigenvalue weighted by Gasteiger charge is -2.14. The second kappa shape index (κ2) is 6.21. The number of aryl methyl sites for hydroxylation is 2. The number of imidazole rings is 1. The molecule has 1 unspecified atom stereocenters. The van der Waals surface area contributed by atoms with Crippen molar-refractivity contribution in [3.8, 4) is 0 Å². The number of anilines is 1. The van der Waals surface area contributed by atoms with Gasteiger partial charge in [-0.05, 0) is 32.9 Å². The normalized spacial score (nSPS) is 12.6. The van der Waals surface area contributed by atoms with Crippen molar-refractivity contribution in [3.63, 3.8) is 0 Å². The first kappa shape index (κ1) is 14.1. The van der Waals surface area contributed by atoms with Gasteiger partial charge >= 0.3 is 0 Å². The first-order valence-corrected chi connectivity index (χ1v) is 7.24. The van der Waals surface area contributed by atoms with E-state index in [1.165, 1.54) is 9.75 Å². The van der Waals surface area contributed by atoms with Crippen LogP contribution < -0.4 is 5.32 Å². The van der Waals surface area contributed by atoms with Crippen LogP contribution in [0.5, 0.6) is 0 Å². The second-order valence-corrected chi connectivity index (χ2v) is 6.22. The van der Waals surface area contributed by atoms with Gasteiger partial charge in [-0.2, -0.15) is 0 Å². The Morgan fingerprint density at radius 2 is 2.21 bits per heavy atom. The van der Waals surface area contributed by atoms with Crippen molar-refractivity contribution < 1.29 is 4.74 Å². The maximum Gasteiger partial charge on any atom is 0.203 e. The van der Waals surface area contributed by atoms with E-state index in [9.17, 15) is 0 Å². The van der Waals surface area contributed by atoms with Crippen LogP contribution >= 0.6 is 11.3 Å². The Hall–Kier alpha value is -1.33. The molecular formula is C14H21N3OS. The molecule has 104 valence electrons. The van der Waals surface area contributed by atoms with E-state index in [4.69, 9.17) is 4.74 Å². The number of aromatic nitrogens is 2. The average Bonchev–Trinajstić information content (AvgIpc) is 2.87. The molecule has 2 rings (SSSR count). The Kier molecular flexibility index (Phi) is 4.61. The van der Waals surface area contributed by atoms with Gasteiger partial charge in [0.2, 0.25) is 5.95 Å². The van der Waals surface area contributed by atoms with Crippen molar-refractivity contribution in [1.82, 2.24) is 9.55 Å². The van der Waals surface area contributed by atoms with Crippen molar-refractivity contribution in [2.45, 2.75) is 33.4 Å². The van der Waals surface area contributed by atoms with Gasteiger partial charge in [0.15, 0.2) is 0 Å². The number of nitrogens with one attached hydrogen (secondary N) is 1. The van der Waals surface area contributed by atoms with Crippen LogP contribution in [0.25, 0.3) is 0 Å². The molecule has 19 heavy (non-hydrogen) atoms. The Labute approximate surface area is 118 Å². The molecule has 2 aromatic heterocycles. The fourth-order valence-corrected chi connectivity index (χ4v) is 2.92.